The summed E-state index contributed by atoms with van der Waals surface area (Å²) in [6, 6.07) is 1.70. The summed E-state index contributed by atoms with van der Waals surface area (Å²) in [5.74, 6) is -1.18. The van der Waals surface area contributed by atoms with E-state index in [1.54, 1.807) is 10.9 Å². The van der Waals surface area contributed by atoms with Crippen LogP contribution in [0.15, 0.2) is 18.5 Å². The van der Waals surface area contributed by atoms with Crippen LogP contribution in [0.4, 0.5) is 0 Å². The van der Waals surface area contributed by atoms with Gasteiger partial charge in [-0.2, -0.15) is 5.10 Å². The van der Waals surface area contributed by atoms with Gasteiger partial charge in [-0.05, 0) is 25.3 Å². The topological polar surface area (TPSA) is 95.7 Å². The Kier molecular flexibility index (Phi) is 6.34. The second-order valence-electron chi connectivity index (χ2n) is 6.03. The Labute approximate surface area is 141 Å². The highest BCUT2D eigenvalue weighted by atomic mass is 16.4. The Hall–Kier alpha value is -2.38. The molecule has 0 saturated carbocycles. The van der Waals surface area contributed by atoms with Gasteiger partial charge in [0, 0.05) is 51.4 Å². The lowest BCUT2D eigenvalue weighted by atomic mass is 10.1. The van der Waals surface area contributed by atoms with Gasteiger partial charge in [0.05, 0.1) is 0 Å². The maximum atomic E-state index is 12.3. The van der Waals surface area contributed by atoms with Crippen molar-refractivity contribution in [3.05, 3.63) is 18.5 Å². The SMILES string of the molecule is CC(=O)N(CC(=O)O)[C@H]1CCCN(C(=O)CCn2cccn2)CC1. The van der Waals surface area contributed by atoms with Gasteiger partial charge in [0.2, 0.25) is 11.8 Å². The van der Waals surface area contributed by atoms with E-state index in [-0.39, 0.29) is 24.4 Å². The molecule has 2 amide bonds. The predicted octanol–water partition coefficient (Wildman–Crippen LogP) is 0.587. The molecule has 1 saturated heterocycles. The van der Waals surface area contributed by atoms with Crippen molar-refractivity contribution in [2.45, 2.75) is 45.2 Å². The van der Waals surface area contributed by atoms with Crippen LogP contribution in [-0.4, -0.2) is 68.1 Å². The average molecular weight is 336 g/mol. The number of carbonyl (C=O) groups is 3. The van der Waals surface area contributed by atoms with Crippen LogP contribution in [0.1, 0.15) is 32.6 Å². The number of likely N-dealkylation sites (tertiary alicyclic amines) is 1. The maximum Gasteiger partial charge on any atom is 0.323 e. The number of carboxylic acids is 1. The Morgan fingerprint density at radius 3 is 2.71 bits per heavy atom. The lowest BCUT2D eigenvalue weighted by molar-refractivity contribution is -0.145. The molecule has 1 aliphatic heterocycles. The van der Waals surface area contributed by atoms with Gasteiger partial charge in [-0.1, -0.05) is 0 Å². The van der Waals surface area contributed by atoms with Crippen LogP contribution < -0.4 is 0 Å². The number of carbonyl (C=O) groups excluding carboxylic acids is 2. The molecule has 8 heteroatoms. The Balaban J connectivity index is 1.87. The third-order valence-corrected chi connectivity index (χ3v) is 4.32. The first-order chi connectivity index (χ1) is 11.5. The first-order valence-electron chi connectivity index (χ1n) is 8.21. The van der Waals surface area contributed by atoms with Crippen molar-refractivity contribution in [1.82, 2.24) is 19.6 Å². The molecule has 8 nitrogen and oxygen atoms in total. The van der Waals surface area contributed by atoms with E-state index in [2.05, 4.69) is 5.10 Å². The molecule has 1 N–H and O–H groups in total. The van der Waals surface area contributed by atoms with Crippen molar-refractivity contribution in [2.24, 2.45) is 0 Å². The van der Waals surface area contributed by atoms with Crippen LogP contribution in [0.2, 0.25) is 0 Å². The number of nitrogens with zero attached hydrogens (tertiary/aromatic N) is 4. The Morgan fingerprint density at radius 1 is 1.29 bits per heavy atom. The molecule has 2 rings (SSSR count). The van der Waals surface area contributed by atoms with Gasteiger partial charge < -0.3 is 14.9 Å². The van der Waals surface area contributed by atoms with Crippen molar-refractivity contribution >= 4 is 17.8 Å². The van der Waals surface area contributed by atoms with Crippen LogP contribution in [0, 0.1) is 0 Å². The number of aliphatic carboxylic acids is 1. The standard InChI is InChI=1S/C16H24N4O4/c1-13(21)20(12-16(23)24)14-4-2-8-18(10-5-14)15(22)6-11-19-9-3-7-17-19/h3,7,9,14H,2,4-6,8,10-12H2,1H3,(H,23,24)/t14-/m0/s1. The van der Waals surface area contributed by atoms with Gasteiger partial charge in [-0.3, -0.25) is 19.1 Å². The van der Waals surface area contributed by atoms with E-state index >= 15 is 0 Å². The lowest BCUT2D eigenvalue weighted by Crippen LogP contribution is -2.43. The average Bonchev–Trinajstić information content (AvgIpc) is 2.93. The van der Waals surface area contributed by atoms with Gasteiger partial charge in [-0.25, -0.2) is 0 Å². The summed E-state index contributed by atoms with van der Waals surface area (Å²) in [5, 5.41) is 13.0. The van der Waals surface area contributed by atoms with Gasteiger partial charge in [-0.15, -0.1) is 0 Å². The molecule has 0 bridgehead atoms. The maximum absolute atomic E-state index is 12.3. The molecule has 0 spiro atoms. The minimum Gasteiger partial charge on any atom is -0.480 e. The molecule has 0 aromatic carbocycles. The van der Waals surface area contributed by atoms with Gasteiger partial charge >= 0.3 is 5.97 Å². The summed E-state index contributed by atoms with van der Waals surface area (Å²) >= 11 is 0. The third-order valence-electron chi connectivity index (χ3n) is 4.32. The van der Waals surface area contributed by atoms with Gasteiger partial charge in [0.1, 0.15) is 6.54 Å². The highest BCUT2D eigenvalue weighted by Crippen LogP contribution is 2.18. The zero-order valence-electron chi connectivity index (χ0n) is 13.9. The van der Waals surface area contributed by atoms with Crippen LogP contribution >= 0.6 is 0 Å². The molecule has 1 fully saturated rings. The molecule has 1 aromatic rings. The molecular formula is C16H24N4O4. The summed E-state index contributed by atoms with van der Waals surface area (Å²) in [6.45, 7) is 2.84. The Morgan fingerprint density at radius 2 is 2.08 bits per heavy atom. The first kappa shape index (κ1) is 18.0. The fraction of sp³-hybridized carbons (Fsp3) is 0.625. The number of hydrogen-bond donors (Lipinski definition) is 1. The number of amides is 2. The quantitative estimate of drug-likeness (QED) is 0.820. The molecule has 0 aliphatic carbocycles. The van der Waals surface area contributed by atoms with Crippen molar-refractivity contribution in [3.63, 3.8) is 0 Å². The van der Waals surface area contributed by atoms with Crippen molar-refractivity contribution in [2.75, 3.05) is 19.6 Å². The number of aryl methyl sites for hydroxylation is 1. The lowest BCUT2D eigenvalue weighted by Gasteiger charge is -2.28. The highest BCUT2D eigenvalue weighted by Gasteiger charge is 2.27. The predicted molar refractivity (Wildman–Crippen MR) is 86.1 cm³/mol. The highest BCUT2D eigenvalue weighted by molar-refractivity contribution is 5.80. The molecule has 24 heavy (non-hydrogen) atoms. The van der Waals surface area contributed by atoms with E-state index in [9.17, 15) is 14.4 Å². The molecule has 1 aromatic heterocycles. The molecule has 0 unspecified atom stereocenters. The van der Waals surface area contributed by atoms with Crippen LogP contribution in [0.25, 0.3) is 0 Å². The molecule has 2 heterocycles. The molecule has 1 atom stereocenters. The van der Waals surface area contributed by atoms with E-state index in [0.717, 1.165) is 12.8 Å². The van der Waals surface area contributed by atoms with Crippen LogP contribution in [0.3, 0.4) is 0 Å². The van der Waals surface area contributed by atoms with Crippen molar-refractivity contribution < 1.29 is 19.5 Å². The third kappa shape index (κ3) is 5.07. The van der Waals surface area contributed by atoms with Gasteiger partial charge in [0.25, 0.3) is 0 Å². The summed E-state index contributed by atoms with van der Waals surface area (Å²) in [6.07, 6.45) is 5.98. The Bertz CT molecular complexity index is 573. The second-order valence-corrected chi connectivity index (χ2v) is 6.03. The van der Waals surface area contributed by atoms with Gasteiger partial charge in [0.15, 0.2) is 0 Å². The molecule has 1 aliphatic rings. The van der Waals surface area contributed by atoms with E-state index in [1.807, 2.05) is 17.2 Å². The summed E-state index contributed by atoms with van der Waals surface area (Å²) < 4.78 is 1.73. The van der Waals surface area contributed by atoms with E-state index < -0.39 is 5.97 Å². The van der Waals surface area contributed by atoms with E-state index in [0.29, 0.717) is 32.5 Å². The fourth-order valence-electron chi connectivity index (χ4n) is 3.08. The summed E-state index contributed by atoms with van der Waals surface area (Å²) in [5.41, 5.74) is 0. The van der Waals surface area contributed by atoms with Crippen molar-refractivity contribution in [1.29, 1.82) is 0 Å². The fourth-order valence-corrected chi connectivity index (χ4v) is 3.08. The number of aromatic nitrogens is 2. The number of rotatable bonds is 6. The van der Waals surface area contributed by atoms with E-state index in [1.165, 1.54) is 11.8 Å². The monoisotopic (exact) mass is 336 g/mol. The number of hydrogen-bond acceptors (Lipinski definition) is 4. The molecular weight excluding hydrogens is 312 g/mol. The zero-order chi connectivity index (χ0) is 17.5. The first-order valence-corrected chi connectivity index (χ1v) is 8.21. The van der Waals surface area contributed by atoms with Crippen LogP contribution in [-0.2, 0) is 20.9 Å². The molecule has 132 valence electrons. The number of carboxylic acid groups (broad SMARTS) is 1. The van der Waals surface area contributed by atoms with E-state index in [4.69, 9.17) is 5.11 Å². The minimum absolute atomic E-state index is 0.0683. The minimum atomic E-state index is -1.01. The largest absolute Gasteiger partial charge is 0.480 e. The molecule has 0 radical (unpaired) electrons. The zero-order valence-corrected chi connectivity index (χ0v) is 13.9. The summed E-state index contributed by atoms with van der Waals surface area (Å²) in [4.78, 5) is 38.2. The van der Waals surface area contributed by atoms with Crippen molar-refractivity contribution in [3.8, 4) is 0 Å². The second kappa shape index (κ2) is 8.47. The summed E-state index contributed by atoms with van der Waals surface area (Å²) in [7, 11) is 0. The van der Waals surface area contributed by atoms with Crippen LogP contribution in [0.5, 0.6) is 0 Å². The smallest absolute Gasteiger partial charge is 0.323 e. The normalized spacial score (nSPS) is 18.0.